The molecule has 0 aromatic heterocycles. The third-order valence-corrected chi connectivity index (χ3v) is 5.77. The highest BCUT2D eigenvalue weighted by atomic mass is 16.5. The van der Waals surface area contributed by atoms with Crippen LogP contribution in [-0.4, -0.2) is 43.7 Å². The van der Waals surface area contributed by atoms with Crippen molar-refractivity contribution in [3.63, 3.8) is 0 Å². The van der Waals surface area contributed by atoms with Crippen LogP contribution in [0, 0.1) is 11.8 Å². The van der Waals surface area contributed by atoms with E-state index in [1.807, 2.05) is 6.92 Å². The first-order chi connectivity index (χ1) is 14.7. The van der Waals surface area contributed by atoms with Crippen molar-refractivity contribution in [2.45, 2.75) is 33.1 Å². The van der Waals surface area contributed by atoms with E-state index in [0.29, 0.717) is 29.0 Å². The van der Waals surface area contributed by atoms with E-state index in [2.05, 4.69) is 5.32 Å². The van der Waals surface area contributed by atoms with Gasteiger partial charge < -0.3 is 24.6 Å². The molecule has 1 aromatic carbocycles. The third-order valence-electron chi connectivity index (χ3n) is 5.77. The predicted molar refractivity (Wildman–Crippen MR) is 111 cm³/mol. The second-order valence-electron chi connectivity index (χ2n) is 7.69. The molecule has 8 nitrogen and oxygen atoms in total. The Kier molecular flexibility index (Phi) is 6.38. The second-order valence-corrected chi connectivity index (χ2v) is 7.69. The number of nitrogens with one attached hydrogen (secondary N) is 1. The molecule has 0 spiro atoms. The van der Waals surface area contributed by atoms with Gasteiger partial charge in [-0.25, -0.2) is 4.79 Å². The number of dihydropyridines is 1. The highest BCUT2D eigenvalue weighted by Gasteiger charge is 2.47. The SMILES string of the molecule is CCOC(=O)C1=C(C)NC2=C(C(=O)[C@H](C(=O)OC)[C@@H](C)C2)[C@@H]1c1ccc(OC)c(O)c1. The van der Waals surface area contributed by atoms with Gasteiger partial charge in [0.2, 0.25) is 0 Å². The highest BCUT2D eigenvalue weighted by molar-refractivity contribution is 6.12. The lowest BCUT2D eigenvalue weighted by atomic mass is 9.69. The van der Waals surface area contributed by atoms with Crippen molar-refractivity contribution in [2.24, 2.45) is 11.8 Å². The smallest absolute Gasteiger partial charge is 0.336 e. The Hall–Kier alpha value is -3.29. The van der Waals surface area contributed by atoms with Crippen LogP contribution < -0.4 is 10.1 Å². The molecule has 2 aliphatic rings. The number of carbonyl (C=O) groups is 3. The fourth-order valence-corrected chi connectivity index (χ4v) is 4.38. The van der Waals surface area contributed by atoms with Crippen LogP contribution in [0.1, 0.15) is 38.7 Å². The molecule has 1 aliphatic heterocycles. The summed E-state index contributed by atoms with van der Waals surface area (Å²) < 4.78 is 15.3. The van der Waals surface area contributed by atoms with Gasteiger partial charge in [0.25, 0.3) is 0 Å². The van der Waals surface area contributed by atoms with Gasteiger partial charge in [0, 0.05) is 22.9 Å². The van der Waals surface area contributed by atoms with E-state index in [1.165, 1.54) is 20.3 Å². The van der Waals surface area contributed by atoms with Crippen LogP contribution >= 0.6 is 0 Å². The zero-order valence-corrected chi connectivity index (χ0v) is 18.3. The number of ketones is 1. The Bertz CT molecular complexity index is 992. The molecule has 0 saturated carbocycles. The second kappa shape index (κ2) is 8.83. The molecule has 3 rings (SSSR count). The standard InChI is InChI=1S/C23H27NO7/c1-6-31-23(28)18-12(3)24-14-9-11(2)17(22(27)30-5)21(26)20(14)19(18)13-7-8-16(29-4)15(25)10-13/h7-8,10-11,17,19,24-25H,6,9H2,1-5H3/t11-,17+,19+/m0/s1. The zero-order chi connectivity index (χ0) is 22.9. The van der Waals surface area contributed by atoms with Gasteiger partial charge in [-0.1, -0.05) is 13.0 Å². The van der Waals surface area contributed by atoms with Crippen molar-refractivity contribution in [1.29, 1.82) is 0 Å². The van der Waals surface area contributed by atoms with E-state index >= 15 is 0 Å². The number of aromatic hydroxyl groups is 1. The lowest BCUT2D eigenvalue weighted by Gasteiger charge is -2.38. The number of hydrogen-bond donors (Lipinski definition) is 2. The Morgan fingerprint density at radius 2 is 1.97 bits per heavy atom. The monoisotopic (exact) mass is 429 g/mol. The first-order valence-electron chi connectivity index (χ1n) is 10.1. The number of benzene rings is 1. The molecule has 166 valence electrons. The number of rotatable bonds is 5. The van der Waals surface area contributed by atoms with Gasteiger partial charge in [-0.3, -0.25) is 9.59 Å². The molecule has 0 radical (unpaired) electrons. The van der Waals surface area contributed by atoms with E-state index in [9.17, 15) is 19.5 Å². The number of phenolic OH excluding ortho intramolecular Hbond substituents is 1. The predicted octanol–water partition coefficient (Wildman–Crippen LogP) is 2.58. The minimum atomic E-state index is -0.971. The van der Waals surface area contributed by atoms with Crippen LogP contribution in [0.5, 0.6) is 11.5 Å². The summed E-state index contributed by atoms with van der Waals surface area (Å²) in [4.78, 5) is 38.8. The first-order valence-corrected chi connectivity index (χ1v) is 10.1. The number of methoxy groups -OCH3 is 2. The van der Waals surface area contributed by atoms with E-state index < -0.39 is 29.6 Å². The quantitative estimate of drug-likeness (QED) is 0.543. The molecule has 1 heterocycles. The lowest BCUT2D eigenvalue weighted by molar-refractivity contribution is -0.151. The summed E-state index contributed by atoms with van der Waals surface area (Å²) in [5, 5.41) is 13.5. The summed E-state index contributed by atoms with van der Waals surface area (Å²) in [5.41, 5.74) is 2.31. The van der Waals surface area contributed by atoms with Crippen molar-refractivity contribution < 1.29 is 33.7 Å². The van der Waals surface area contributed by atoms with Crippen LogP contribution in [0.3, 0.4) is 0 Å². The van der Waals surface area contributed by atoms with Gasteiger partial charge in [-0.05, 0) is 43.9 Å². The number of hydrogen-bond acceptors (Lipinski definition) is 8. The minimum Gasteiger partial charge on any atom is -0.504 e. The maximum Gasteiger partial charge on any atom is 0.336 e. The first kappa shape index (κ1) is 22.4. The average molecular weight is 429 g/mol. The van der Waals surface area contributed by atoms with Crippen molar-refractivity contribution in [1.82, 2.24) is 5.32 Å². The van der Waals surface area contributed by atoms with E-state index in [4.69, 9.17) is 14.2 Å². The highest BCUT2D eigenvalue weighted by Crippen LogP contribution is 2.46. The van der Waals surface area contributed by atoms with Gasteiger partial charge in [0.1, 0.15) is 5.92 Å². The van der Waals surface area contributed by atoms with Crippen molar-refractivity contribution >= 4 is 17.7 Å². The molecule has 0 saturated heterocycles. The van der Waals surface area contributed by atoms with Crippen LogP contribution in [0.2, 0.25) is 0 Å². The Labute approximate surface area is 180 Å². The Balaban J connectivity index is 2.21. The molecule has 1 aliphatic carbocycles. The van der Waals surface area contributed by atoms with Crippen LogP contribution in [0.25, 0.3) is 0 Å². The van der Waals surface area contributed by atoms with Crippen LogP contribution in [0.15, 0.2) is 40.7 Å². The van der Waals surface area contributed by atoms with E-state index in [0.717, 1.165) is 0 Å². The largest absolute Gasteiger partial charge is 0.504 e. The molecule has 0 amide bonds. The normalized spacial score (nSPS) is 23.1. The van der Waals surface area contributed by atoms with E-state index in [1.54, 1.807) is 26.0 Å². The topological polar surface area (TPSA) is 111 Å². The summed E-state index contributed by atoms with van der Waals surface area (Å²) >= 11 is 0. The molecule has 0 unspecified atom stereocenters. The van der Waals surface area contributed by atoms with Crippen LogP contribution in [0.4, 0.5) is 0 Å². The average Bonchev–Trinajstić information content (AvgIpc) is 2.72. The van der Waals surface area contributed by atoms with Crippen molar-refractivity contribution in [2.75, 3.05) is 20.8 Å². The number of carbonyl (C=O) groups excluding carboxylic acids is 3. The molecule has 8 heteroatoms. The van der Waals surface area contributed by atoms with Crippen molar-refractivity contribution in [3.8, 4) is 11.5 Å². The van der Waals surface area contributed by atoms with Crippen molar-refractivity contribution in [3.05, 3.63) is 46.3 Å². The Morgan fingerprint density at radius 3 is 2.55 bits per heavy atom. The lowest BCUT2D eigenvalue weighted by Crippen LogP contribution is -2.43. The fourth-order valence-electron chi connectivity index (χ4n) is 4.38. The molecular weight excluding hydrogens is 402 g/mol. The number of phenols is 1. The number of allylic oxidation sites excluding steroid dienone is 3. The summed E-state index contributed by atoms with van der Waals surface area (Å²) in [6, 6.07) is 4.72. The molecular formula is C23H27NO7. The van der Waals surface area contributed by atoms with Gasteiger partial charge in [-0.2, -0.15) is 0 Å². The zero-order valence-electron chi connectivity index (χ0n) is 18.3. The third kappa shape index (κ3) is 3.89. The van der Waals surface area contributed by atoms with Gasteiger partial charge in [0.15, 0.2) is 17.3 Å². The summed E-state index contributed by atoms with van der Waals surface area (Å²) in [6.45, 7) is 5.43. The molecule has 2 N–H and O–H groups in total. The number of esters is 2. The number of Topliss-reactive ketones (excluding diaryl/α,β-unsaturated/α-hetero) is 1. The van der Waals surface area contributed by atoms with Gasteiger partial charge >= 0.3 is 11.9 Å². The fraction of sp³-hybridized carbons (Fsp3) is 0.435. The Morgan fingerprint density at radius 1 is 1.26 bits per heavy atom. The maximum atomic E-state index is 13.5. The number of ether oxygens (including phenoxy) is 3. The molecule has 0 fully saturated rings. The molecule has 0 bridgehead atoms. The molecule has 3 atom stereocenters. The molecule has 1 aromatic rings. The van der Waals surface area contributed by atoms with Gasteiger partial charge in [-0.15, -0.1) is 0 Å². The minimum absolute atomic E-state index is 0.123. The van der Waals surface area contributed by atoms with Crippen LogP contribution in [-0.2, 0) is 23.9 Å². The summed E-state index contributed by atoms with van der Waals surface area (Å²) in [5.74, 6) is -3.48. The summed E-state index contributed by atoms with van der Waals surface area (Å²) in [6.07, 6.45) is 0.437. The maximum absolute atomic E-state index is 13.5. The van der Waals surface area contributed by atoms with E-state index in [-0.39, 0.29) is 29.6 Å². The molecule has 31 heavy (non-hydrogen) atoms. The van der Waals surface area contributed by atoms with Gasteiger partial charge in [0.05, 0.1) is 26.4 Å². The summed E-state index contributed by atoms with van der Waals surface area (Å²) in [7, 11) is 2.68.